The van der Waals surface area contributed by atoms with Gasteiger partial charge in [0.25, 0.3) is 0 Å². The molecule has 0 bridgehead atoms. The molecule has 0 saturated heterocycles. The first-order valence-corrected chi connectivity index (χ1v) is 5.90. The Bertz CT molecular complexity index is 482. The van der Waals surface area contributed by atoms with Crippen molar-refractivity contribution in [1.82, 2.24) is 5.32 Å². The molecule has 0 aliphatic rings. The van der Waals surface area contributed by atoms with Gasteiger partial charge in [0.05, 0.1) is 5.56 Å². The van der Waals surface area contributed by atoms with Gasteiger partial charge < -0.3 is 5.32 Å². The highest BCUT2D eigenvalue weighted by Crippen LogP contribution is 2.34. The average molecular weight is 273 g/mol. The van der Waals surface area contributed by atoms with Gasteiger partial charge >= 0.3 is 6.18 Å². The van der Waals surface area contributed by atoms with E-state index in [-0.39, 0.29) is 12.0 Å². The zero-order chi connectivity index (χ0) is 14.5. The SMILES string of the molecule is CC#CCC(NCC)c1cccc(C(F)(F)F)c1F. The van der Waals surface area contributed by atoms with E-state index in [2.05, 4.69) is 17.2 Å². The van der Waals surface area contributed by atoms with E-state index in [0.717, 1.165) is 6.07 Å². The van der Waals surface area contributed by atoms with Crippen molar-refractivity contribution in [1.29, 1.82) is 0 Å². The first-order chi connectivity index (χ1) is 8.91. The standard InChI is InChI=1S/C14H15F4N/c1-3-5-9-12(19-4-2)10-7-6-8-11(13(10)15)14(16,17)18/h6-8,12,19H,4,9H2,1-2H3. The van der Waals surface area contributed by atoms with Crippen LogP contribution in [-0.4, -0.2) is 6.54 Å². The number of hydrogen-bond acceptors (Lipinski definition) is 1. The average Bonchev–Trinajstić information content (AvgIpc) is 2.33. The van der Waals surface area contributed by atoms with Crippen LogP contribution in [0.15, 0.2) is 18.2 Å². The van der Waals surface area contributed by atoms with Crippen molar-refractivity contribution in [3.05, 3.63) is 35.1 Å². The van der Waals surface area contributed by atoms with Crippen molar-refractivity contribution in [3.8, 4) is 11.8 Å². The Labute approximate surface area is 110 Å². The second-order valence-corrected chi connectivity index (χ2v) is 3.95. The van der Waals surface area contributed by atoms with E-state index in [1.54, 1.807) is 13.8 Å². The van der Waals surface area contributed by atoms with Gasteiger partial charge in [-0.3, -0.25) is 0 Å². The van der Waals surface area contributed by atoms with Gasteiger partial charge in [0, 0.05) is 18.0 Å². The summed E-state index contributed by atoms with van der Waals surface area (Å²) in [5.41, 5.74) is -1.24. The van der Waals surface area contributed by atoms with E-state index in [1.165, 1.54) is 12.1 Å². The van der Waals surface area contributed by atoms with Gasteiger partial charge in [-0.25, -0.2) is 4.39 Å². The lowest BCUT2D eigenvalue weighted by molar-refractivity contribution is -0.140. The third kappa shape index (κ3) is 3.97. The Kier molecular flexibility index (Phi) is 5.37. The van der Waals surface area contributed by atoms with Crippen LogP contribution in [0.25, 0.3) is 0 Å². The lowest BCUT2D eigenvalue weighted by Gasteiger charge is -2.18. The van der Waals surface area contributed by atoms with E-state index in [9.17, 15) is 17.6 Å². The van der Waals surface area contributed by atoms with E-state index >= 15 is 0 Å². The largest absolute Gasteiger partial charge is 0.419 e. The maximum Gasteiger partial charge on any atom is 0.419 e. The summed E-state index contributed by atoms with van der Waals surface area (Å²) >= 11 is 0. The van der Waals surface area contributed by atoms with Crippen LogP contribution in [0.4, 0.5) is 17.6 Å². The Morgan fingerprint density at radius 3 is 2.53 bits per heavy atom. The highest BCUT2D eigenvalue weighted by molar-refractivity contribution is 5.31. The number of nitrogens with one attached hydrogen (secondary N) is 1. The molecule has 19 heavy (non-hydrogen) atoms. The molecule has 1 rings (SSSR count). The Morgan fingerprint density at radius 2 is 2.00 bits per heavy atom. The molecule has 1 aromatic rings. The fraction of sp³-hybridized carbons (Fsp3) is 0.429. The number of rotatable bonds is 4. The molecule has 1 aromatic carbocycles. The summed E-state index contributed by atoms with van der Waals surface area (Å²) in [6, 6.07) is 2.77. The zero-order valence-corrected chi connectivity index (χ0v) is 10.7. The van der Waals surface area contributed by atoms with Gasteiger partial charge in [0.1, 0.15) is 5.82 Å². The van der Waals surface area contributed by atoms with Crippen LogP contribution in [0, 0.1) is 17.7 Å². The molecule has 0 radical (unpaired) electrons. The number of hydrogen-bond donors (Lipinski definition) is 1. The smallest absolute Gasteiger partial charge is 0.309 e. The van der Waals surface area contributed by atoms with E-state index in [0.29, 0.717) is 6.54 Å². The van der Waals surface area contributed by atoms with Gasteiger partial charge in [-0.05, 0) is 19.5 Å². The van der Waals surface area contributed by atoms with Crippen LogP contribution in [-0.2, 0) is 6.18 Å². The van der Waals surface area contributed by atoms with Crippen molar-refractivity contribution in [2.24, 2.45) is 0 Å². The van der Waals surface area contributed by atoms with Gasteiger partial charge in [0.2, 0.25) is 0 Å². The number of alkyl halides is 3. The minimum absolute atomic E-state index is 0.000532. The van der Waals surface area contributed by atoms with Gasteiger partial charge in [-0.2, -0.15) is 13.2 Å². The third-order valence-corrected chi connectivity index (χ3v) is 2.64. The highest BCUT2D eigenvalue weighted by Gasteiger charge is 2.35. The molecular weight excluding hydrogens is 258 g/mol. The summed E-state index contributed by atoms with van der Waals surface area (Å²) in [6.45, 7) is 3.95. The molecule has 5 heteroatoms. The first-order valence-electron chi connectivity index (χ1n) is 5.90. The minimum Gasteiger partial charge on any atom is -0.309 e. The molecule has 0 aliphatic carbocycles. The van der Waals surface area contributed by atoms with E-state index < -0.39 is 23.6 Å². The van der Waals surface area contributed by atoms with Crippen molar-refractivity contribution >= 4 is 0 Å². The quantitative estimate of drug-likeness (QED) is 0.648. The van der Waals surface area contributed by atoms with Gasteiger partial charge in [-0.1, -0.05) is 19.1 Å². The summed E-state index contributed by atoms with van der Waals surface area (Å²) in [7, 11) is 0. The molecule has 104 valence electrons. The predicted octanol–water partition coefficient (Wildman–Crippen LogP) is 3.91. The molecule has 1 nitrogen and oxygen atoms in total. The van der Waals surface area contributed by atoms with Gasteiger partial charge in [0.15, 0.2) is 0 Å². The Hall–Kier alpha value is -1.54. The molecule has 1 atom stereocenters. The third-order valence-electron chi connectivity index (χ3n) is 2.64. The van der Waals surface area contributed by atoms with Gasteiger partial charge in [-0.15, -0.1) is 11.8 Å². The monoisotopic (exact) mass is 273 g/mol. The van der Waals surface area contributed by atoms with Crippen LogP contribution < -0.4 is 5.32 Å². The Balaban J connectivity index is 3.19. The topological polar surface area (TPSA) is 12.0 Å². The van der Waals surface area contributed by atoms with Crippen molar-refractivity contribution < 1.29 is 17.6 Å². The van der Waals surface area contributed by atoms with Crippen molar-refractivity contribution in [2.45, 2.75) is 32.5 Å². The predicted molar refractivity (Wildman–Crippen MR) is 65.9 cm³/mol. The number of halogens is 4. The summed E-state index contributed by atoms with van der Waals surface area (Å²) in [6.07, 6.45) is -4.42. The van der Waals surface area contributed by atoms with Crippen molar-refractivity contribution in [2.75, 3.05) is 6.54 Å². The second-order valence-electron chi connectivity index (χ2n) is 3.95. The minimum atomic E-state index is -4.69. The lowest BCUT2D eigenvalue weighted by atomic mass is 10.00. The molecule has 0 spiro atoms. The van der Waals surface area contributed by atoms with Crippen LogP contribution >= 0.6 is 0 Å². The lowest BCUT2D eigenvalue weighted by Crippen LogP contribution is -2.23. The summed E-state index contributed by atoms with van der Waals surface area (Å²) in [5.74, 6) is 4.19. The zero-order valence-electron chi connectivity index (χ0n) is 10.7. The molecule has 0 fully saturated rings. The fourth-order valence-electron chi connectivity index (χ4n) is 1.78. The molecule has 0 aliphatic heterocycles. The highest BCUT2D eigenvalue weighted by atomic mass is 19.4. The van der Waals surface area contributed by atoms with Crippen LogP contribution in [0.1, 0.15) is 37.4 Å². The molecule has 1 N–H and O–H groups in total. The molecule has 0 heterocycles. The van der Waals surface area contributed by atoms with Crippen LogP contribution in [0.3, 0.4) is 0 Å². The summed E-state index contributed by atoms with van der Waals surface area (Å²) < 4.78 is 51.9. The fourth-order valence-corrected chi connectivity index (χ4v) is 1.78. The molecular formula is C14H15F4N. The molecule has 0 saturated carbocycles. The van der Waals surface area contributed by atoms with E-state index in [1.807, 2.05) is 0 Å². The molecule has 1 unspecified atom stereocenters. The number of benzene rings is 1. The first kappa shape index (κ1) is 15.5. The second kappa shape index (κ2) is 6.58. The van der Waals surface area contributed by atoms with Crippen LogP contribution in [0.5, 0.6) is 0 Å². The summed E-state index contributed by atoms with van der Waals surface area (Å²) in [4.78, 5) is 0. The Morgan fingerprint density at radius 1 is 1.32 bits per heavy atom. The van der Waals surface area contributed by atoms with Crippen LogP contribution in [0.2, 0.25) is 0 Å². The molecule has 0 amide bonds. The van der Waals surface area contributed by atoms with Crippen molar-refractivity contribution in [3.63, 3.8) is 0 Å². The molecule has 0 aromatic heterocycles. The van der Waals surface area contributed by atoms with E-state index in [4.69, 9.17) is 0 Å². The maximum absolute atomic E-state index is 14.0. The summed E-state index contributed by atoms with van der Waals surface area (Å²) in [5, 5.41) is 2.94. The normalized spacial score (nSPS) is 12.7. The maximum atomic E-state index is 14.0.